The van der Waals surface area contributed by atoms with E-state index < -0.39 is 1.67 Å². The third-order valence-corrected chi connectivity index (χ3v) is 7.46. The van der Waals surface area contributed by atoms with Gasteiger partial charge >= 0.3 is 0 Å². The lowest BCUT2D eigenvalue weighted by atomic mass is 11.9. The lowest BCUT2D eigenvalue weighted by molar-refractivity contribution is 1.96. The Morgan fingerprint density at radius 1 is 1.50 bits per heavy atom. The Bertz CT molecular complexity index is 41.3. The van der Waals surface area contributed by atoms with Crippen molar-refractivity contribution in [3.63, 3.8) is 0 Å². The van der Waals surface area contributed by atoms with E-state index in [2.05, 4.69) is 0 Å². The van der Waals surface area contributed by atoms with Crippen LogP contribution in [0.5, 0.6) is 0 Å². The molecule has 0 aliphatic heterocycles. The van der Waals surface area contributed by atoms with Crippen molar-refractivity contribution in [1.82, 2.24) is 0 Å². The van der Waals surface area contributed by atoms with E-state index in [9.17, 15) is 0 Å². The van der Waals surface area contributed by atoms with Gasteiger partial charge in [-0.1, -0.05) is 23.2 Å². The number of hydrogen-bond donors (Lipinski definition) is 0. The Kier molecular flexibility index (Phi) is 4.79. The van der Waals surface area contributed by atoms with Crippen molar-refractivity contribution in [2.24, 2.45) is 0 Å². The van der Waals surface area contributed by atoms with Gasteiger partial charge in [-0.2, -0.15) is 0 Å². The first-order valence-electron chi connectivity index (χ1n) is 0.925. The molecule has 0 saturated carbocycles. The molecule has 6 heavy (non-hydrogen) atoms. The summed E-state index contributed by atoms with van der Waals surface area (Å²) in [6.45, 7) is 0. The summed E-state index contributed by atoms with van der Waals surface area (Å²) in [7, 11) is 1.37. The standard InChI is InChI=1S/CCl2I2S/c2-1(3,4)6-5. The minimum Gasteiger partial charge on any atom is -0.0769 e. The fraction of sp³-hybridized carbons (Fsp3) is 1.00. The van der Waals surface area contributed by atoms with Gasteiger partial charge in [0, 0.05) is 0 Å². The average molecular weight is 369 g/mol. The second kappa shape index (κ2) is 3.42. The highest BCUT2D eigenvalue weighted by molar-refractivity contribution is 14.2. The van der Waals surface area contributed by atoms with E-state index in [-0.39, 0.29) is 0 Å². The van der Waals surface area contributed by atoms with Gasteiger partial charge in [0.25, 0.3) is 0 Å². The van der Waals surface area contributed by atoms with Crippen molar-refractivity contribution in [2.75, 3.05) is 0 Å². The highest BCUT2D eigenvalue weighted by atomic mass is 127. The quantitative estimate of drug-likeness (QED) is 0.503. The Balaban J connectivity index is 3.17. The Hall–Kier alpha value is 2.39. The van der Waals surface area contributed by atoms with Gasteiger partial charge in [0.1, 0.15) is 0 Å². The van der Waals surface area contributed by atoms with Gasteiger partial charge in [-0.05, 0) is 52.7 Å². The van der Waals surface area contributed by atoms with Crippen molar-refractivity contribution in [3.05, 3.63) is 0 Å². The number of halogens is 4. The largest absolute Gasteiger partial charge is 0.223 e. The van der Waals surface area contributed by atoms with E-state index in [1.54, 1.807) is 0 Å². The van der Waals surface area contributed by atoms with Gasteiger partial charge in [0.15, 0.2) is 0 Å². The Labute approximate surface area is 76.4 Å². The maximum Gasteiger partial charge on any atom is 0.223 e. The van der Waals surface area contributed by atoms with Crippen LogP contribution >= 0.6 is 75.9 Å². The minimum atomic E-state index is -0.641. The molecule has 0 saturated heterocycles. The van der Waals surface area contributed by atoms with Gasteiger partial charge in [-0.25, -0.2) is 0 Å². The van der Waals surface area contributed by atoms with E-state index in [4.69, 9.17) is 23.2 Å². The summed E-state index contributed by atoms with van der Waals surface area (Å²) in [6.07, 6.45) is 0. The maximum absolute atomic E-state index is 5.43. The summed E-state index contributed by atoms with van der Waals surface area (Å²) in [6, 6.07) is 0. The molecule has 0 rings (SSSR count). The van der Waals surface area contributed by atoms with Crippen molar-refractivity contribution >= 4 is 75.9 Å². The summed E-state index contributed by atoms with van der Waals surface area (Å²) in [5.74, 6) is 0. The molecule has 0 unspecified atom stereocenters. The van der Waals surface area contributed by atoms with E-state index >= 15 is 0 Å². The molecule has 0 aliphatic carbocycles. The molecule has 0 aromatic carbocycles. The molecule has 0 radical (unpaired) electrons. The lowest BCUT2D eigenvalue weighted by Crippen LogP contribution is -1.84. The van der Waals surface area contributed by atoms with Crippen LogP contribution in [0.1, 0.15) is 0 Å². The third-order valence-electron chi connectivity index (χ3n) is 0.0875. The van der Waals surface area contributed by atoms with Gasteiger partial charge in [0.05, 0.1) is 0 Å². The molecule has 0 atom stereocenters. The van der Waals surface area contributed by atoms with E-state index in [1.807, 2.05) is 43.8 Å². The highest BCUT2D eigenvalue weighted by Crippen LogP contribution is 2.45. The molecule has 0 bridgehead atoms. The fourth-order valence-electron chi connectivity index (χ4n) is 0. The van der Waals surface area contributed by atoms with Crippen LogP contribution in [0.3, 0.4) is 0 Å². The topological polar surface area (TPSA) is 0 Å². The smallest absolute Gasteiger partial charge is 0.0769 e. The normalized spacial score (nSPS) is 12.0. The minimum absolute atomic E-state index is 0.641. The Morgan fingerprint density at radius 2 is 1.67 bits per heavy atom. The fourth-order valence-corrected chi connectivity index (χ4v) is 0. The molecule has 0 amide bonds. The summed E-state index contributed by atoms with van der Waals surface area (Å²) < 4.78 is -0.641. The third kappa shape index (κ3) is 6.39. The average Bonchev–Trinajstić information content (AvgIpc) is 1.35. The number of rotatable bonds is 1. The molecule has 0 spiro atoms. The highest BCUT2D eigenvalue weighted by Gasteiger charge is 2.16. The van der Waals surface area contributed by atoms with Crippen LogP contribution in [0, 0.1) is 0 Å². The van der Waals surface area contributed by atoms with Crippen molar-refractivity contribution < 1.29 is 0 Å². The summed E-state index contributed by atoms with van der Waals surface area (Å²) in [5, 5.41) is 0. The Morgan fingerprint density at radius 3 is 1.67 bits per heavy atom. The van der Waals surface area contributed by atoms with Crippen molar-refractivity contribution in [2.45, 2.75) is 1.67 Å². The predicted octanol–water partition coefficient (Wildman–Crippen LogP) is 3.59. The first-order chi connectivity index (χ1) is 2.56. The zero-order valence-electron chi connectivity index (χ0n) is 2.42. The zero-order valence-corrected chi connectivity index (χ0v) is 9.06. The SMILES string of the molecule is ClC(Cl)(I)SI. The van der Waals surface area contributed by atoms with Gasteiger partial charge in [0.2, 0.25) is 1.67 Å². The second-order valence-corrected chi connectivity index (χ2v) is 8.01. The molecule has 0 N–H and O–H groups in total. The molecule has 5 heteroatoms. The molecule has 0 aliphatic rings. The van der Waals surface area contributed by atoms with Crippen LogP contribution in [0.15, 0.2) is 0 Å². The van der Waals surface area contributed by atoms with Crippen LogP contribution in [-0.4, -0.2) is 1.67 Å². The number of hydrogen-bond acceptors (Lipinski definition) is 1. The van der Waals surface area contributed by atoms with Crippen LogP contribution in [-0.2, 0) is 0 Å². The molecular formula is CCl2I2S. The second-order valence-electron chi connectivity index (χ2n) is 0.523. The monoisotopic (exact) mass is 368 g/mol. The van der Waals surface area contributed by atoms with E-state index in [0.717, 1.165) is 0 Å². The van der Waals surface area contributed by atoms with Crippen LogP contribution in [0.4, 0.5) is 0 Å². The zero-order chi connectivity index (χ0) is 5.21. The van der Waals surface area contributed by atoms with Crippen LogP contribution in [0.2, 0.25) is 0 Å². The lowest BCUT2D eigenvalue weighted by Gasteiger charge is -2.00. The molecule has 0 fully saturated rings. The van der Waals surface area contributed by atoms with Crippen LogP contribution < -0.4 is 0 Å². The number of alkyl halides is 3. The van der Waals surface area contributed by atoms with E-state index in [0.29, 0.717) is 0 Å². The molecule has 0 aromatic heterocycles. The summed E-state index contributed by atoms with van der Waals surface area (Å²) >= 11 is 14.8. The molecule has 0 nitrogen and oxygen atoms in total. The van der Waals surface area contributed by atoms with Crippen molar-refractivity contribution in [1.29, 1.82) is 0 Å². The van der Waals surface area contributed by atoms with E-state index in [1.165, 1.54) is 8.93 Å². The predicted molar refractivity (Wildman–Crippen MR) is 50.1 cm³/mol. The maximum atomic E-state index is 5.43. The first-order valence-corrected chi connectivity index (χ1v) is 6.12. The molecule has 0 heterocycles. The van der Waals surface area contributed by atoms with Gasteiger partial charge in [-0.3, -0.25) is 0 Å². The summed E-state index contributed by atoms with van der Waals surface area (Å²) in [5.41, 5.74) is 0. The van der Waals surface area contributed by atoms with Gasteiger partial charge < -0.3 is 0 Å². The van der Waals surface area contributed by atoms with Crippen molar-refractivity contribution in [3.8, 4) is 0 Å². The molecule has 0 aromatic rings. The van der Waals surface area contributed by atoms with Crippen LogP contribution in [0.25, 0.3) is 0 Å². The first kappa shape index (κ1) is 8.39. The van der Waals surface area contributed by atoms with Gasteiger partial charge in [-0.15, -0.1) is 0 Å². The molecular weight excluding hydrogens is 369 g/mol. The molecule has 38 valence electrons. The summed E-state index contributed by atoms with van der Waals surface area (Å²) in [4.78, 5) is 0.